The first-order valence-corrected chi connectivity index (χ1v) is 8.71. The Kier molecular flexibility index (Phi) is 6.19. The summed E-state index contributed by atoms with van der Waals surface area (Å²) in [5.41, 5.74) is 0.982. The van der Waals surface area contributed by atoms with Crippen molar-refractivity contribution in [2.75, 3.05) is 52.5 Å². The van der Waals surface area contributed by atoms with Crippen LogP contribution >= 0.6 is 0 Å². The molecule has 0 saturated carbocycles. The molecule has 0 aliphatic carbocycles. The summed E-state index contributed by atoms with van der Waals surface area (Å²) in [5, 5.41) is 10.4. The third-order valence-corrected chi connectivity index (χ3v) is 4.62. The fourth-order valence-electron chi connectivity index (χ4n) is 3.49. The third-order valence-electron chi connectivity index (χ3n) is 4.62. The van der Waals surface area contributed by atoms with Gasteiger partial charge in [0.2, 0.25) is 0 Å². The highest BCUT2D eigenvalue weighted by molar-refractivity contribution is 5.19. The van der Waals surface area contributed by atoms with Crippen LogP contribution in [0.15, 0.2) is 24.3 Å². The van der Waals surface area contributed by atoms with E-state index in [1.54, 1.807) is 12.1 Å². The average molecular weight is 338 g/mol. The average Bonchev–Trinajstić information content (AvgIpc) is 2.55. The lowest BCUT2D eigenvalue weighted by molar-refractivity contribution is -0.0892. The number of aliphatic hydroxyl groups is 1. The predicted octanol–water partition coefficient (Wildman–Crippen LogP) is 1.28. The topological polar surface area (TPSA) is 45.2 Å². The van der Waals surface area contributed by atoms with Gasteiger partial charge in [-0.05, 0) is 24.6 Å². The van der Waals surface area contributed by atoms with Gasteiger partial charge in [0, 0.05) is 39.3 Å². The number of morpholine rings is 2. The molecule has 0 aromatic heterocycles. The third kappa shape index (κ3) is 4.97. The summed E-state index contributed by atoms with van der Waals surface area (Å²) in [5.74, 6) is -0.236. The van der Waals surface area contributed by atoms with Crippen LogP contribution in [0.2, 0.25) is 0 Å². The number of halogens is 1. The monoisotopic (exact) mass is 338 g/mol. The largest absolute Gasteiger partial charge is 0.390 e. The van der Waals surface area contributed by atoms with Gasteiger partial charge in [-0.15, -0.1) is 0 Å². The maximum atomic E-state index is 13.1. The first-order valence-electron chi connectivity index (χ1n) is 8.71. The van der Waals surface area contributed by atoms with E-state index < -0.39 is 0 Å². The SMILES string of the molecule is CC1CN(CC(O)CN2CCOCC2)CC(c2ccc(F)cc2)O1. The molecule has 3 rings (SSSR count). The van der Waals surface area contributed by atoms with E-state index in [1.807, 2.05) is 6.92 Å². The molecule has 6 heteroatoms. The second kappa shape index (κ2) is 8.36. The summed E-state index contributed by atoms with van der Waals surface area (Å²) in [4.78, 5) is 4.49. The Morgan fingerprint density at radius 1 is 1.12 bits per heavy atom. The van der Waals surface area contributed by atoms with Crippen LogP contribution in [0.4, 0.5) is 4.39 Å². The molecule has 24 heavy (non-hydrogen) atoms. The summed E-state index contributed by atoms with van der Waals surface area (Å²) in [7, 11) is 0. The Bertz CT molecular complexity index is 507. The van der Waals surface area contributed by atoms with Gasteiger partial charge in [-0.3, -0.25) is 9.80 Å². The normalized spacial score (nSPS) is 28.0. The number of benzene rings is 1. The van der Waals surface area contributed by atoms with E-state index >= 15 is 0 Å². The van der Waals surface area contributed by atoms with Crippen molar-refractivity contribution in [3.8, 4) is 0 Å². The van der Waals surface area contributed by atoms with E-state index in [0.717, 1.165) is 45.0 Å². The van der Waals surface area contributed by atoms with Crippen molar-refractivity contribution < 1.29 is 19.0 Å². The lowest BCUT2D eigenvalue weighted by Crippen LogP contribution is -2.49. The van der Waals surface area contributed by atoms with E-state index in [4.69, 9.17) is 9.47 Å². The Balaban J connectivity index is 1.53. The molecule has 2 fully saturated rings. The van der Waals surface area contributed by atoms with Crippen LogP contribution in [0.25, 0.3) is 0 Å². The standard InChI is InChI=1S/C18H27FN2O3/c1-14-10-21(12-17(22)11-20-6-8-23-9-7-20)13-18(24-14)15-2-4-16(19)5-3-15/h2-5,14,17-18,22H,6-13H2,1H3. The van der Waals surface area contributed by atoms with Crippen LogP contribution in [0.1, 0.15) is 18.6 Å². The van der Waals surface area contributed by atoms with Gasteiger partial charge in [0.25, 0.3) is 0 Å². The molecule has 1 aromatic carbocycles. The van der Waals surface area contributed by atoms with E-state index in [1.165, 1.54) is 12.1 Å². The minimum Gasteiger partial charge on any atom is -0.390 e. The number of hydrogen-bond donors (Lipinski definition) is 1. The maximum absolute atomic E-state index is 13.1. The molecule has 134 valence electrons. The number of β-amino-alcohol motifs (C(OH)–C–C–N with tert-alkyl or cyclic N) is 1. The second-order valence-electron chi connectivity index (χ2n) is 6.77. The zero-order chi connectivity index (χ0) is 16.9. The highest BCUT2D eigenvalue weighted by Gasteiger charge is 2.28. The van der Waals surface area contributed by atoms with Crippen LogP contribution in [0, 0.1) is 5.82 Å². The van der Waals surface area contributed by atoms with Gasteiger partial charge in [0.15, 0.2) is 0 Å². The van der Waals surface area contributed by atoms with Gasteiger partial charge in [0.1, 0.15) is 5.82 Å². The summed E-state index contributed by atoms with van der Waals surface area (Å²) in [6.07, 6.45) is -0.378. The molecule has 3 unspecified atom stereocenters. The molecule has 0 spiro atoms. The van der Waals surface area contributed by atoms with Crippen molar-refractivity contribution in [2.45, 2.75) is 25.2 Å². The van der Waals surface area contributed by atoms with Crippen molar-refractivity contribution >= 4 is 0 Å². The number of ether oxygens (including phenoxy) is 2. The van der Waals surface area contributed by atoms with E-state index in [0.29, 0.717) is 13.1 Å². The molecule has 2 heterocycles. The minimum atomic E-state index is -0.387. The number of hydrogen-bond acceptors (Lipinski definition) is 5. The highest BCUT2D eigenvalue weighted by Crippen LogP contribution is 2.25. The fourth-order valence-corrected chi connectivity index (χ4v) is 3.49. The number of aliphatic hydroxyl groups excluding tert-OH is 1. The molecule has 2 saturated heterocycles. The van der Waals surface area contributed by atoms with E-state index in [-0.39, 0.29) is 24.1 Å². The van der Waals surface area contributed by atoms with Crippen molar-refractivity contribution in [3.05, 3.63) is 35.6 Å². The molecular formula is C18H27FN2O3. The van der Waals surface area contributed by atoms with Crippen LogP contribution in [0.3, 0.4) is 0 Å². The zero-order valence-electron chi connectivity index (χ0n) is 14.2. The minimum absolute atomic E-state index is 0.0788. The molecule has 3 atom stereocenters. The van der Waals surface area contributed by atoms with E-state index in [2.05, 4.69) is 9.80 Å². The second-order valence-corrected chi connectivity index (χ2v) is 6.77. The van der Waals surface area contributed by atoms with Gasteiger partial charge < -0.3 is 14.6 Å². The van der Waals surface area contributed by atoms with Gasteiger partial charge in [0.05, 0.1) is 31.5 Å². The molecule has 2 aliphatic heterocycles. The maximum Gasteiger partial charge on any atom is 0.123 e. The van der Waals surface area contributed by atoms with Crippen LogP contribution in [0.5, 0.6) is 0 Å². The van der Waals surface area contributed by atoms with Crippen LogP contribution < -0.4 is 0 Å². The molecule has 0 amide bonds. The van der Waals surface area contributed by atoms with Crippen molar-refractivity contribution in [1.82, 2.24) is 9.80 Å². The summed E-state index contributed by atoms with van der Waals surface area (Å²) in [6.45, 7) is 8.12. The van der Waals surface area contributed by atoms with Gasteiger partial charge in [-0.1, -0.05) is 12.1 Å². The molecule has 2 aliphatic rings. The molecule has 1 aromatic rings. The van der Waals surface area contributed by atoms with Gasteiger partial charge in [-0.2, -0.15) is 0 Å². The number of rotatable bonds is 5. The summed E-state index contributed by atoms with van der Waals surface area (Å²) >= 11 is 0. The Labute approximate surface area is 143 Å². The predicted molar refractivity (Wildman–Crippen MR) is 89.4 cm³/mol. The first kappa shape index (κ1) is 17.8. The highest BCUT2D eigenvalue weighted by atomic mass is 19.1. The lowest BCUT2D eigenvalue weighted by Gasteiger charge is -2.38. The zero-order valence-corrected chi connectivity index (χ0v) is 14.2. The molecule has 0 radical (unpaired) electrons. The molecule has 5 nitrogen and oxygen atoms in total. The first-order chi connectivity index (χ1) is 11.6. The van der Waals surface area contributed by atoms with Crippen molar-refractivity contribution in [3.63, 3.8) is 0 Å². The lowest BCUT2D eigenvalue weighted by atomic mass is 10.1. The summed E-state index contributed by atoms with van der Waals surface area (Å²) in [6, 6.07) is 6.49. The molecule has 1 N–H and O–H groups in total. The van der Waals surface area contributed by atoms with E-state index in [9.17, 15) is 9.50 Å². The Morgan fingerprint density at radius 3 is 2.50 bits per heavy atom. The van der Waals surface area contributed by atoms with Crippen molar-refractivity contribution in [1.29, 1.82) is 0 Å². The number of nitrogens with zero attached hydrogens (tertiary/aromatic N) is 2. The Hall–Kier alpha value is -1.05. The smallest absolute Gasteiger partial charge is 0.123 e. The summed E-state index contributed by atoms with van der Waals surface area (Å²) < 4.78 is 24.4. The Morgan fingerprint density at radius 2 is 1.79 bits per heavy atom. The van der Waals surface area contributed by atoms with Crippen LogP contribution in [-0.4, -0.2) is 79.6 Å². The van der Waals surface area contributed by atoms with Gasteiger partial charge >= 0.3 is 0 Å². The quantitative estimate of drug-likeness (QED) is 0.876. The van der Waals surface area contributed by atoms with Crippen LogP contribution in [-0.2, 0) is 9.47 Å². The fraction of sp³-hybridized carbons (Fsp3) is 0.667. The van der Waals surface area contributed by atoms with Gasteiger partial charge in [-0.25, -0.2) is 4.39 Å². The molecule has 0 bridgehead atoms. The van der Waals surface area contributed by atoms with Crippen molar-refractivity contribution in [2.24, 2.45) is 0 Å². The molecular weight excluding hydrogens is 311 g/mol.